The van der Waals surface area contributed by atoms with Crippen molar-refractivity contribution < 1.29 is 27.4 Å². The van der Waals surface area contributed by atoms with Crippen molar-refractivity contribution in [2.24, 2.45) is 5.73 Å². The summed E-state index contributed by atoms with van der Waals surface area (Å²) in [7, 11) is 1.50. The highest BCUT2D eigenvalue weighted by atomic mass is 16.0. The molecule has 54 valence electrons. The lowest BCUT2D eigenvalue weighted by molar-refractivity contribution is 0.823. The summed E-state index contributed by atoms with van der Waals surface area (Å²) in [5, 5.41) is 0. The van der Waals surface area contributed by atoms with Crippen LogP contribution in [0, 0.1) is 0 Å². The highest BCUT2D eigenvalue weighted by molar-refractivity contribution is 3.54. The molecular formula is CH15NO5. The second-order valence-electron chi connectivity index (χ2n) is 0. The van der Waals surface area contributed by atoms with Crippen LogP contribution in [0.2, 0.25) is 0 Å². The molecule has 0 saturated heterocycles. The molecule has 0 amide bonds. The first-order valence-electron chi connectivity index (χ1n) is 0.577. The van der Waals surface area contributed by atoms with Crippen molar-refractivity contribution in [3.63, 3.8) is 0 Å². The Bertz CT molecular complexity index is 8.04. The zero-order valence-electron chi connectivity index (χ0n) is 4.08. The van der Waals surface area contributed by atoms with E-state index in [-0.39, 0.29) is 27.4 Å². The smallest absolute Gasteiger partial charge is 0.0195 e. The number of hydrogen-bond acceptors (Lipinski definition) is 1. The lowest BCUT2D eigenvalue weighted by Crippen LogP contribution is -1.69. The summed E-state index contributed by atoms with van der Waals surface area (Å²) in [4.78, 5) is 0. The third-order valence-corrected chi connectivity index (χ3v) is 0. The molecule has 7 heavy (non-hydrogen) atoms. The molecule has 0 fully saturated rings. The van der Waals surface area contributed by atoms with Gasteiger partial charge in [-0.2, -0.15) is 0 Å². The van der Waals surface area contributed by atoms with Crippen molar-refractivity contribution in [3.8, 4) is 0 Å². The topological polar surface area (TPSA) is 184 Å². The summed E-state index contributed by atoms with van der Waals surface area (Å²) in [6.07, 6.45) is 0. The Morgan fingerprint density at radius 2 is 0.571 bits per heavy atom. The van der Waals surface area contributed by atoms with E-state index in [1.165, 1.54) is 7.05 Å². The molecule has 0 spiro atoms. The molecule has 0 atom stereocenters. The average Bonchev–Trinajstić information content (AvgIpc) is 1.00. The minimum Gasteiger partial charge on any atom is -0.412 e. The van der Waals surface area contributed by atoms with E-state index in [4.69, 9.17) is 0 Å². The second kappa shape index (κ2) is 2270. The Morgan fingerprint density at radius 3 is 0.571 bits per heavy atom. The maximum atomic E-state index is 4.50. The average molecular weight is 121 g/mol. The molecule has 0 saturated carbocycles. The van der Waals surface area contributed by atoms with E-state index < -0.39 is 0 Å². The first-order valence-corrected chi connectivity index (χ1v) is 0.577. The molecule has 6 nitrogen and oxygen atoms in total. The highest BCUT2D eigenvalue weighted by Gasteiger charge is 0.836. The van der Waals surface area contributed by atoms with Crippen LogP contribution in [0.4, 0.5) is 0 Å². The van der Waals surface area contributed by atoms with E-state index in [2.05, 4.69) is 5.73 Å². The maximum absolute atomic E-state index is 4.50. The normalized spacial score (nSPS) is 0.857. The summed E-state index contributed by atoms with van der Waals surface area (Å²) in [5.41, 5.74) is 4.50. The first kappa shape index (κ1) is 388. The number of hydrogen-bond donors (Lipinski definition) is 1. The van der Waals surface area contributed by atoms with Crippen LogP contribution in [-0.2, 0) is 0 Å². The van der Waals surface area contributed by atoms with Gasteiger partial charge in [-0.15, -0.1) is 0 Å². The van der Waals surface area contributed by atoms with Crippen molar-refractivity contribution in [1.82, 2.24) is 0 Å². The highest BCUT2D eigenvalue weighted by Crippen LogP contribution is 0.469. The quantitative estimate of drug-likeness (QED) is 0.332. The van der Waals surface area contributed by atoms with Crippen molar-refractivity contribution in [2.75, 3.05) is 7.05 Å². The van der Waals surface area contributed by atoms with Crippen LogP contribution in [0.1, 0.15) is 0 Å². The lowest BCUT2D eigenvalue weighted by atomic mass is 11.6. The van der Waals surface area contributed by atoms with Crippen molar-refractivity contribution >= 4 is 0 Å². The fraction of sp³-hybridized carbons (Fsp3) is 1.00. The summed E-state index contributed by atoms with van der Waals surface area (Å²) < 4.78 is 0. The summed E-state index contributed by atoms with van der Waals surface area (Å²) >= 11 is 0. The van der Waals surface area contributed by atoms with Gasteiger partial charge in [0, 0.05) is 0 Å². The molecule has 0 aromatic heterocycles. The molecule has 0 bridgehead atoms. The Hall–Kier alpha value is -0.240. The van der Waals surface area contributed by atoms with Crippen LogP contribution in [0.3, 0.4) is 0 Å². The molecule has 0 aromatic rings. The van der Waals surface area contributed by atoms with Gasteiger partial charge in [-0.25, -0.2) is 0 Å². The van der Waals surface area contributed by atoms with Crippen molar-refractivity contribution in [1.29, 1.82) is 0 Å². The monoisotopic (exact) mass is 121 g/mol. The Morgan fingerprint density at radius 1 is 0.571 bits per heavy atom. The molecule has 0 radical (unpaired) electrons. The fourth-order valence-electron chi connectivity index (χ4n) is 0. The molecule has 0 aromatic carbocycles. The SMILES string of the molecule is CN.O.O.O.O.O. The Labute approximate surface area is 41.5 Å². The van der Waals surface area contributed by atoms with Crippen LogP contribution in [0.15, 0.2) is 0 Å². The molecule has 0 aliphatic carbocycles. The molecule has 6 heteroatoms. The van der Waals surface area contributed by atoms with Crippen LogP contribution in [0.25, 0.3) is 0 Å². The first-order chi connectivity index (χ1) is 1.00. The molecular weight excluding hydrogens is 106 g/mol. The number of rotatable bonds is 0. The van der Waals surface area contributed by atoms with E-state index in [1.807, 2.05) is 0 Å². The van der Waals surface area contributed by atoms with Crippen LogP contribution < -0.4 is 5.73 Å². The van der Waals surface area contributed by atoms with Gasteiger partial charge in [0.05, 0.1) is 0 Å². The maximum Gasteiger partial charge on any atom is -0.0195 e. The minimum atomic E-state index is 0. The Kier molecular flexibility index (Phi) is 126000. The predicted octanol–water partition coefficient (Wildman–Crippen LogP) is -4.55. The van der Waals surface area contributed by atoms with Gasteiger partial charge >= 0.3 is 0 Å². The van der Waals surface area contributed by atoms with Crippen molar-refractivity contribution in [2.45, 2.75) is 0 Å². The molecule has 0 rings (SSSR count). The fourth-order valence-corrected chi connectivity index (χ4v) is 0. The number of nitrogens with two attached hydrogens (primary N) is 1. The van der Waals surface area contributed by atoms with E-state index in [0.717, 1.165) is 0 Å². The van der Waals surface area contributed by atoms with Gasteiger partial charge in [-0.3, -0.25) is 0 Å². The van der Waals surface area contributed by atoms with Gasteiger partial charge in [0.25, 0.3) is 0 Å². The van der Waals surface area contributed by atoms with Gasteiger partial charge < -0.3 is 33.1 Å². The molecule has 0 aliphatic rings. The lowest BCUT2D eigenvalue weighted by Gasteiger charge is -1.19. The van der Waals surface area contributed by atoms with Gasteiger partial charge in [-0.05, 0) is 7.05 Å². The molecule has 0 unspecified atom stereocenters. The standard InChI is InChI=1S/CH5N.5H2O/c1-2;;;;;/h2H2,1H3;5*1H2. The van der Waals surface area contributed by atoms with Crippen LogP contribution >= 0.6 is 0 Å². The van der Waals surface area contributed by atoms with Gasteiger partial charge in [0.15, 0.2) is 0 Å². The second-order valence-corrected chi connectivity index (χ2v) is 0. The third kappa shape index (κ3) is 1410. The summed E-state index contributed by atoms with van der Waals surface area (Å²) in [5.74, 6) is 0. The van der Waals surface area contributed by atoms with Crippen LogP contribution in [0.5, 0.6) is 0 Å². The van der Waals surface area contributed by atoms with Crippen molar-refractivity contribution in [3.05, 3.63) is 0 Å². The summed E-state index contributed by atoms with van der Waals surface area (Å²) in [6.45, 7) is 0. The van der Waals surface area contributed by atoms with E-state index >= 15 is 0 Å². The van der Waals surface area contributed by atoms with E-state index in [1.54, 1.807) is 0 Å². The molecule has 12 N–H and O–H groups in total. The zero-order chi connectivity index (χ0) is 2.00. The molecule has 0 aliphatic heterocycles. The van der Waals surface area contributed by atoms with E-state index in [9.17, 15) is 0 Å². The third-order valence-electron chi connectivity index (χ3n) is 0. The minimum absolute atomic E-state index is 0. The summed E-state index contributed by atoms with van der Waals surface area (Å²) in [6, 6.07) is 0. The molecule has 0 heterocycles. The van der Waals surface area contributed by atoms with E-state index in [0.29, 0.717) is 0 Å². The van der Waals surface area contributed by atoms with Gasteiger partial charge in [-0.1, -0.05) is 0 Å². The van der Waals surface area contributed by atoms with Gasteiger partial charge in [0.2, 0.25) is 0 Å². The predicted molar refractivity (Wildman–Crippen MR) is 28.2 cm³/mol. The van der Waals surface area contributed by atoms with Gasteiger partial charge in [0.1, 0.15) is 0 Å². The largest absolute Gasteiger partial charge is 0.412 e. The Balaban J connectivity index is -0.000000000500. The van der Waals surface area contributed by atoms with Crippen LogP contribution in [-0.4, -0.2) is 34.4 Å². The zero-order valence-corrected chi connectivity index (χ0v) is 4.08.